The summed E-state index contributed by atoms with van der Waals surface area (Å²) in [5.41, 5.74) is 2.10. The third-order valence-corrected chi connectivity index (χ3v) is 10.9. The molecule has 0 aromatic heterocycles. The van der Waals surface area contributed by atoms with Crippen LogP contribution in [-0.4, -0.2) is 49.2 Å². The summed E-state index contributed by atoms with van der Waals surface area (Å²) in [5, 5.41) is 22.6. The molecule has 0 N–H and O–H groups in total. The average Bonchev–Trinajstić information content (AvgIpc) is 2.60. The Bertz CT molecular complexity index is 826. The second-order valence-electron chi connectivity index (χ2n) is 5.48. The Morgan fingerprint density at radius 2 is 1.38 bits per heavy atom. The number of aryl methyl sites for hydroxylation is 1. The van der Waals surface area contributed by atoms with E-state index in [0.29, 0.717) is 8.92 Å². The number of nitrogens with zero attached hydrogens (tertiary/aromatic N) is 3. The standard InChI is InChI=1S/C17H19N3O4Se2/c1-4-18(5-2)13-7-9-15(20(23)24)17(11-13)26-25-16-10-12(3)6-8-14(16)19(21)22/h6-11H,4-5H2,1-3H3. The first kappa shape index (κ1) is 20.4. The zero-order chi connectivity index (χ0) is 19.3. The number of hydrogen-bond acceptors (Lipinski definition) is 5. The number of nitro benzene ring substituents is 2. The molecular formula is C17H19N3O4Se2. The quantitative estimate of drug-likeness (QED) is 0.323. The normalized spacial score (nSPS) is 10.6. The maximum absolute atomic E-state index is 11.4. The Morgan fingerprint density at radius 3 is 1.88 bits per heavy atom. The molecule has 0 aliphatic carbocycles. The van der Waals surface area contributed by atoms with Gasteiger partial charge in [-0.2, -0.15) is 0 Å². The summed E-state index contributed by atoms with van der Waals surface area (Å²) in [6.07, 6.45) is 0. The van der Waals surface area contributed by atoms with E-state index in [1.165, 1.54) is 6.07 Å². The summed E-state index contributed by atoms with van der Waals surface area (Å²) in [6.45, 7) is 7.59. The van der Waals surface area contributed by atoms with Crippen LogP contribution in [0, 0.1) is 27.2 Å². The van der Waals surface area contributed by atoms with Crippen LogP contribution < -0.4 is 13.8 Å². The molecule has 0 fully saturated rings. The molecule has 0 unspecified atom stereocenters. The van der Waals surface area contributed by atoms with E-state index in [1.54, 1.807) is 18.2 Å². The average molecular weight is 487 g/mol. The van der Waals surface area contributed by atoms with Crippen LogP contribution in [0.2, 0.25) is 0 Å². The molecule has 0 spiro atoms. The zero-order valence-electron chi connectivity index (χ0n) is 14.7. The number of nitro groups is 2. The van der Waals surface area contributed by atoms with Crippen molar-refractivity contribution in [1.29, 1.82) is 0 Å². The monoisotopic (exact) mass is 489 g/mol. The molecule has 0 aliphatic heterocycles. The number of benzene rings is 2. The Balaban J connectivity index is 2.36. The van der Waals surface area contributed by atoms with Crippen LogP contribution in [0.4, 0.5) is 17.1 Å². The summed E-state index contributed by atoms with van der Waals surface area (Å²) in [7, 11) is 0. The van der Waals surface area contributed by atoms with Crippen molar-refractivity contribution in [1.82, 2.24) is 0 Å². The van der Waals surface area contributed by atoms with Gasteiger partial charge in [-0.1, -0.05) is 0 Å². The first-order valence-electron chi connectivity index (χ1n) is 8.00. The topological polar surface area (TPSA) is 89.5 Å². The first-order valence-corrected chi connectivity index (χ1v) is 14.0. The van der Waals surface area contributed by atoms with Crippen LogP contribution >= 0.6 is 0 Å². The van der Waals surface area contributed by atoms with E-state index in [4.69, 9.17) is 0 Å². The van der Waals surface area contributed by atoms with Gasteiger partial charge < -0.3 is 0 Å². The van der Waals surface area contributed by atoms with Gasteiger partial charge in [-0.15, -0.1) is 0 Å². The van der Waals surface area contributed by atoms with Gasteiger partial charge in [0.25, 0.3) is 0 Å². The number of hydrogen-bond donors (Lipinski definition) is 0. The fraction of sp³-hybridized carbons (Fsp3) is 0.294. The van der Waals surface area contributed by atoms with Crippen LogP contribution in [0.5, 0.6) is 0 Å². The first-order chi connectivity index (χ1) is 12.4. The summed E-state index contributed by atoms with van der Waals surface area (Å²) in [4.78, 5) is 24.0. The van der Waals surface area contributed by atoms with Gasteiger partial charge in [0.05, 0.1) is 0 Å². The van der Waals surface area contributed by atoms with Gasteiger partial charge in [-0.05, 0) is 0 Å². The van der Waals surface area contributed by atoms with E-state index in [1.807, 2.05) is 32.9 Å². The molecule has 2 aromatic carbocycles. The van der Waals surface area contributed by atoms with Crippen molar-refractivity contribution < 1.29 is 9.85 Å². The third kappa shape index (κ3) is 4.83. The molecule has 9 heteroatoms. The molecule has 2 aromatic rings. The van der Waals surface area contributed by atoms with Crippen molar-refractivity contribution in [2.75, 3.05) is 18.0 Å². The molecule has 0 radical (unpaired) electrons. The Hall–Kier alpha value is -1.92. The Morgan fingerprint density at radius 1 is 0.885 bits per heavy atom. The predicted molar refractivity (Wildman–Crippen MR) is 105 cm³/mol. The minimum absolute atomic E-state index is 0.0955. The molecule has 0 saturated carbocycles. The van der Waals surface area contributed by atoms with E-state index in [2.05, 4.69) is 4.90 Å². The predicted octanol–water partition coefficient (Wildman–Crippen LogP) is 1.93. The van der Waals surface area contributed by atoms with Gasteiger partial charge >= 0.3 is 163 Å². The summed E-state index contributed by atoms with van der Waals surface area (Å²) < 4.78 is 1.37. The molecule has 0 heterocycles. The summed E-state index contributed by atoms with van der Waals surface area (Å²) >= 11 is -0.439. The van der Waals surface area contributed by atoms with Gasteiger partial charge in [0.1, 0.15) is 0 Å². The van der Waals surface area contributed by atoms with Crippen molar-refractivity contribution in [2.45, 2.75) is 20.8 Å². The van der Waals surface area contributed by atoms with Gasteiger partial charge in [0.15, 0.2) is 0 Å². The number of rotatable bonds is 8. The van der Waals surface area contributed by atoms with Crippen molar-refractivity contribution in [3.8, 4) is 0 Å². The molecule has 0 bridgehead atoms. The molecule has 2 rings (SSSR count). The molecule has 0 aliphatic rings. The maximum atomic E-state index is 11.4. The van der Waals surface area contributed by atoms with Crippen molar-refractivity contribution >= 4 is 52.2 Å². The summed E-state index contributed by atoms with van der Waals surface area (Å²) in [6, 6.07) is 10.2. The van der Waals surface area contributed by atoms with E-state index >= 15 is 0 Å². The van der Waals surface area contributed by atoms with E-state index in [-0.39, 0.29) is 47.5 Å². The van der Waals surface area contributed by atoms with Crippen LogP contribution in [-0.2, 0) is 0 Å². The van der Waals surface area contributed by atoms with Crippen molar-refractivity contribution in [3.63, 3.8) is 0 Å². The van der Waals surface area contributed by atoms with Crippen LogP contribution in [0.3, 0.4) is 0 Å². The minimum atomic E-state index is -0.382. The fourth-order valence-corrected chi connectivity index (χ4v) is 9.48. The van der Waals surface area contributed by atoms with E-state index in [0.717, 1.165) is 24.3 Å². The van der Waals surface area contributed by atoms with Crippen LogP contribution in [0.1, 0.15) is 19.4 Å². The summed E-state index contributed by atoms with van der Waals surface area (Å²) in [5.74, 6) is 0. The van der Waals surface area contributed by atoms with Gasteiger partial charge in [-0.25, -0.2) is 0 Å². The Labute approximate surface area is 162 Å². The van der Waals surface area contributed by atoms with E-state index < -0.39 is 0 Å². The molecule has 0 saturated heterocycles. The second kappa shape index (κ2) is 9.14. The molecular weight excluding hydrogens is 468 g/mol. The van der Waals surface area contributed by atoms with Crippen molar-refractivity contribution in [3.05, 3.63) is 62.2 Å². The molecule has 26 heavy (non-hydrogen) atoms. The fourth-order valence-electron chi connectivity index (χ4n) is 2.43. The van der Waals surface area contributed by atoms with Gasteiger partial charge in [-0.3, -0.25) is 0 Å². The third-order valence-electron chi connectivity index (χ3n) is 3.80. The zero-order valence-corrected chi connectivity index (χ0v) is 18.1. The van der Waals surface area contributed by atoms with Crippen molar-refractivity contribution in [2.24, 2.45) is 0 Å². The van der Waals surface area contributed by atoms with Crippen LogP contribution in [0.25, 0.3) is 0 Å². The molecule has 7 nitrogen and oxygen atoms in total. The number of anilines is 1. The second-order valence-corrected chi connectivity index (χ2v) is 11.7. The van der Waals surface area contributed by atoms with Gasteiger partial charge in [0.2, 0.25) is 0 Å². The van der Waals surface area contributed by atoms with Gasteiger partial charge in [0, 0.05) is 0 Å². The SMILES string of the molecule is CCN(CC)c1ccc([N+](=O)[O-])c([Se][Se]c2cc(C)ccc2[N+](=O)[O-])c1. The van der Waals surface area contributed by atoms with Crippen LogP contribution in [0.15, 0.2) is 36.4 Å². The molecule has 0 amide bonds. The van der Waals surface area contributed by atoms with E-state index in [9.17, 15) is 20.2 Å². The molecule has 138 valence electrons. The molecule has 0 atom stereocenters. The Kier molecular flexibility index (Phi) is 7.17.